The van der Waals surface area contributed by atoms with Gasteiger partial charge in [0, 0.05) is 10.7 Å². The topological polar surface area (TPSA) is 79.3 Å². The third-order valence-corrected chi connectivity index (χ3v) is 3.01. The van der Waals surface area contributed by atoms with E-state index in [0.29, 0.717) is 16.3 Å². The average molecular weight is 325 g/mol. The number of carboxylic acids is 1. The Morgan fingerprint density at radius 1 is 1.19 bits per heavy atom. The van der Waals surface area contributed by atoms with Gasteiger partial charge in [-0.05, 0) is 23.8 Å². The van der Waals surface area contributed by atoms with Gasteiger partial charge in [0.05, 0.1) is 6.42 Å². The highest BCUT2D eigenvalue weighted by molar-refractivity contribution is 6.34. The van der Waals surface area contributed by atoms with Gasteiger partial charge in [0.2, 0.25) is 0 Å². The molecule has 0 aliphatic heterocycles. The van der Waals surface area contributed by atoms with E-state index in [1.807, 2.05) is 0 Å². The molecule has 0 fully saturated rings. The Morgan fingerprint density at radius 2 is 1.90 bits per heavy atom. The number of carbonyl (C=O) groups excluding carboxylic acids is 1. The number of carbonyl (C=O) groups is 2. The first kappa shape index (κ1) is 15.3. The third kappa shape index (κ3) is 4.18. The molecule has 0 saturated heterocycles. The summed E-state index contributed by atoms with van der Waals surface area (Å²) in [7, 11) is 0. The highest BCUT2D eigenvalue weighted by Gasteiger charge is 2.13. The van der Waals surface area contributed by atoms with E-state index in [4.69, 9.17) is 28.3 Å². The number of halogens is 2. The molecular formula is C14H10Cl2N2O3. The Labute approximate surface area is 130 Å². The minimum absolute atomic E-state index is 0.0534. The molecule has 1 amide bonds. The number of hydrogen-bond acceptors (Lipinski definition) is 3. The Hall–Kier alpha value is -2.11. The molecule has 0 aliphatic rings. The van der Waals surface area contributed by atoms with Gasteiger partial charge in [-0.3, -0.25) is 9.59 Å². The molecule has 21 heavy (non-hydrogen) atoms. The van der Waals surface area contributed by atoms with Crippen molar-refractivity contribution in [1.82, 2.24) is 4.98 Å². The number of carboxylic acid groups (broad SMARTS) is 1. The number of nitrogens with one attached hydrogen (secondary N) is 1. The zero-order valence-electron chi connectivity index (χ0n) is 10.6. The summed E-state index contributed by atoms with van der Waals surface area (Å²) < 4.78 is 0. The van der Waals surface area contributed by atoms with Crippen LogP contribution in [0.4, 0.5) is 5.69 Å². The van der Waals surface area contributed by atoms with Crippen LogP contribution in [-0.2, 0) is 11.2 Å². The number of nitrogens with zero attached hydrogens (tertiary/aromatic N) is 1. The molecule has 1 heterocycles. The van der Waals surface area contributed by atoms with Crippen molar-refractivity contribution in [3.05, 3.63) is 57.8 Å². The number of para-hydroxylation sites is 1. The van der Waals surface area contributed by atoms with Crippen LogP contribution in [0.5, 0.6) is 0 Å². The summed E-state index contributed by atoms with van der Waals surface area (Å²) in [6.07, 6.45) is -0.194. The predicted molar refractivity (Wildman–Crippen MR) is 80.0 cm³/mol. The van der Waals surface area contributed by atoms with Crippen LogP contribution in [0.3, 0.4) is 0 Å². The maximum Gasteiger partial charge on any atom is 0.307 e. The quantitative estimate of drug-likeness (QED) is 0.846. The molecule has 0 atom stereocenters. The van der Waals surface area contributed by atoms with Crippen LogP contribution < -0.4 is 5.32 Å². The van der Waals surface area contributed by atoms with Gasteiger partial charge in [-0.15, -0.1) is 0 Å². The van der Waals surface area contributed by atoms with E-state index >= 15 is 0 Å². The molecule has 7 heteroatoms. The van der Waals surface area contributed by atoms with E-state index in [9.17, 15) is 9.59 Å². The Kier molecular flexibility index (Phi) is 4.77. The number of rotatable bonds is 4. The molecule has 108 valence electrons. The van der Waals surface area contributed by atoms with Crippen LogP contribution in [0.2, 0.25) is 10.2 Å². The average Bonchev–Trinajstić information content (AvgIpc) is 2.39. The van der Waals surface area contributed by atoms with Crippen LogP contribution in [0.25, 0.3) is 0 Å². The number of hydrogen-bond donors (Lipinski definition) is 2. The van der Waals surface area contributed by atoms with E-state index in [2.05, 4.69) is 10.3 Å². The first-order chi connectivity index (χ1) is 9.95. The molecule has 1 aromatic carbocycles. The standard InChI is InChI=1S/C14H10Cl2N2O3/c15-9-6-11(17-12(16)7-9)14(21)18-10-4-2-1-3-8(10)5-13(19)20/h1-4,6-7H,5H2,(H,18,21)(H,19,20). The Morgan fingerprint density at radius 3 is 2.57 bits per heavy atom. The summed E-state index contributed by atoms with van der Waals surface area (Å²) in [4.78, 5) is 26.8. The van der Waals surface area contributed by atoms with Crippen molar-refractivity contribution in [2.24, 2.45) is 0 Å². The summed E-state index contributed by atoms with van der Waals surface area (Å²) in [6.45, 7) is 0. The van der Waals surface area contributed by atoms with Gasteiger partial charge in [0.15, 0.2) is 0 Å². The molecule has 0 unspecified atom stereocenters. The van der Waals surface area contributed by atoms with Crippen LogP contribution in [0.15, 0.2) is 36.4 Å². The molecule has 0 saturated carbocycles. The van der Waals surface area contributed by atoms with E-state index < -0.39 is 11.9 Å². The highest BCUT2D eigenvalue weighted by Crippen LogP contribution is 2.19. The molecule has 5 nitrogen and oxygen atoms in total. The van der Waals surface area contributed by atoms with Gasteiger partial charge >= 0.3 is 5.97 Å². The molecule has 1 aromatic heterocycles. The molecule has 2 N–H and O–H groups in total. The summed E-state index contributed by atoms with van der Waals surface area (Å²) in [5.41, 5.74) is 0.951. The Balaban J connectivity index is 2.25. The van der Waals surface area contributed by atoms with Gasteiger partial charge in [0.1, 0.15) is 10.8 Å². The van der Waals surface area contributed by atoms with Crippen LogP contribution in [-0.4, -0.2) is 22.0 Å². The van der Waals surface area contributed by atoms with Gasteiger partial charge in [-0.2, -0.15) is 0 Å². The monoisotopic (exact) mass is 324 g/mol. The second-order valence-corrected chi connectivity index (χ2v) is 5.00. The van der Waals surface area contributed by atoms with Crippen molar-refractivity contribution in [2.45, 2.75) is 6.42 Å². The van der Waals surface area contributed by atoms with E-state index in [0.717, 1.165) is 0 Å². The third-order valence-electron chi connectivity index (χ3n) is 2.60. The molecule has 0 radical (unpaired) electrons. The normalized spacial score (nSPS) is 10.2. The first-order valence-electron chi connectivity index (χ1n) is 5.90. The number of amides is 1. The van der Waals surface area contributed by atoms with Gasteiger partial charge in [-0.1, -0.05) is 41.4 Å². The van der Waals surface area contributed by atoms with Gasteiger partial charge in [-0.25, -0.2) is 4.98 Å². The smallest absolute Gasteiger partial charge is 0.307 e. The number of benzene rings is 1. The van der Waals surface area contributed by atoms with Gasteiger partial charge in [0.25, 0.3) is 5.91 Å². The minimum atomic E-state index is -0.986. The number of pyridine rings is 1. The van der Waals surface area contributed by atoms with Crippen molar-refractivity contribution in [3.8, 4) is 0 Å². The molecule has 0 spiro atoms. The zero-order chi connectivity index (χ0) is 15.4. The lowest BCUT2D eigenvalue weighted by atomic mass is 10.1. The summed E-state index contributed by atoms with van der Waals surface area (Å²) in [6, 6.07) is 9.42. The fourth-order valence-corrected chi connectivity index (χ4v) is 2.20. The molecule has 2 aromatic rings. The van der Waals surface area contributed by atoms with Crippen LogP contribution in [0, 0.1) is 0 Å². The molecule has 0 aliphatic carbocycles. The van der Waals surface area contributed by atoms with Crippen LogP contribution >= 0.6 is 23.2 Å². The lowest BCUT2D eigenvalue weighted by Crippen LogP contribution is -2.15. The second kappa shape index (κ2) is 6.56. The first-order valence-corrected chi connectivity index (χ1v) is 6.65. The fraction of sp³-hybridized carbons (Fsp3) is 0.0714. The maximum absolute atomic E-state index is 12.1. The predicted octanol–water partition coefficient (Wildman–Crippen LogP) is 3.27. The lowest BCUT2D eigenvalue weighted by molar-refractivity contribution is -0.136. The van der Waals surface area contributed by atoms with E-state index in [1.54, 1.807) is 24.3 Å². The number of aliphatic carboxylic acids is 1. The Bertz CT molecular complexity index is 684. The summed E-state index contributed by atoms with van der Waals surface area (Å²) in [5.74, 6) is -1.50. The van der Waals surface area contributed by atoms with Crippen molar-refractivity contribution >= 4 is 40.8 Å². The SMILES string of the molecule is O=C(O)Cc1ccccc1NC(=O)c1cc(Cl)cc(Cl)n1. The van der Waals surface area contributed by atoms with Crippen molar-refractivity contribution in [3.63, 3.8) is 0 Å². The van der Waals surface area contributed by atoms with Gasteiger partial charge < -0.3 is 10.4 Å². The molecule has 0 bridgehead atoms. The number of aromatic nitrogens is 1. The fourth-order valence-electron chi connectivity index (χ4n) is 1.73. The van der Waals surface area contributed by atoms with Crippen molar-refractivity contribution in [1.29, 1.82) is 0 Å². The number of anilines is 1. The molecule has 2 rings (SSSR count). The lowest BCUT2D eigenvalue weighted by Gasteiger charge is -2.09. The second-order valence-electron chi connectivity index (χ2n) is 4.18. The maximum atomic E-state index is 12.1. The largest absolute Gasteiger partial charge is 0.481 e. The van der Waals surface area contributed by atoms with Crippen molar-refractivity contribution < 1.29 is 14.7 Å². The van der Waals surface area contributed by atoms with E-state index in [1.165, 1.54) is 12.1 Å². The highest BCUT2D eigenvalue weighted by atomic mass is 35.5. The summed E-state index contributed by atoms with van der Waals surface area (Å²) in [5, 5.41) is 11.9. The molecular weight excluding hydrogens is 315 g/mol. The van der Waals surface area contributed by atoms with Crippen LogP contribution in [0.1, 0.15) is 16.1 Å². The van der Waals surface area contributed by atoms with E-state index in [-0.39, 0.29) is 17.3 Å². The minimum Gasteiger partial charge on any atom is -0.481 e. The zero-order valence-corrected chi connectivity index (χ0v) is 12.1. The summed E-state index contributed by atoms with van der Waals surface area (Å²) >= 11 is 11.6. The van der Waals surface area contributed by atoms with Crippen molar-refractivity contribution in [2.75, 3.05) is 5.32 Å².